The first-order chi connectivity index (χ1) is 17.6. The standard InChI is InChI=1S/C26H25N3O6S2/c1-20-7-10-24(11-8-20)36(32,33)28-26(16-13-23(14-17-26)22-5-3-2-4-6-22)37(34,35)29-18-15-21(19-29)9-12-25(30)27-31/h2-16,18-19,28,31H,17H2,1H3,(H,27,30)/b12-9+. The second kappa shape index (κ2) is 10.3. The molecule has 0 radical (unpaired) electrons. The van der Waals surface area contributed by atoms with Gasteiger partial charge in [0.1, 0.15) is 0 Å². The van der Waals surface area contributed by atoms with Crippen molar-refractivity contribution in [3.8, 4) is 0 Å². The molecule has 11 heteroatoms. The predicted octanol–water partition coefficient (Wildman–Crippen LogP) is 3.21. The lowest BCUT2D eigenvalue weighted by Crippen LogP contribution is -2.54. The van der Waals surface area contributed by atoms with Crippen LogP contribution in [0.25, 0.3) is 11.6 Å². The van der Waals surface area contributed by atoms with Gasteiger partial charge in [-0.15, -0.1) is 0 Å². The topological polar surface area (TPSA) is 135 Å². The molecule has 0 saturated carbocycles. The van der Waals surface area contributed by atoms with Gasteiger partial charge in [-0.3, -0.25) is 14.0 Å². The number of rotatable bonds is 8. The first kappa shape index (κ1) is 26.3. The molecule has 0 spiro atoms. The van der Waals surface area contributed by atoms with E-state index in [2.05, 4.69) is 4.72 Å². The molecule has 1 aliphatic carbocycles. The normalized spacial score (nSPS) is 18.1. The van der Waals surface area contributed by atoms with E-state index in [1.807, 2.05) is 37.3 Å². The zero-order chi connectivity index (χ0) is 26.7. The predicted molar refractivity (Wildman–Crippen MR) is 140 cm³/mol. The molecule has 1 heterocycles. The summed E-state index contributed by atoms with van der Waals surface area (Å²) in [7, 11) is -8.63. The van der Waals surface area contributed by atoms with E-state index < -0.39 is 30.8 Å². The molecule has 192 valence electrons. The molecule has 2 aromatic carbocycles. The molecule has 0 saturated heterocycles. The average Bonchev–Trinajstić information content (AvgIpc) is 3.38. The Morgan fingerprint density at radius 2 is 1.73 bits per heavy atom. The van der Waals surface area contributed by atoms with Crippen molar-refractivity contribution in [2.45, 2.75) is 23.1 Å². The molecule has 0 aliphatic heterocycles. The summed E-state index contributed by atoms with van der Waals surface area (Å²) in [5, 5.41) is 8.64. The third kappa shape index (κ3) is 5.49. The maximum absolute atomic E-state index is 13.9. The Bertz CT molecular complexity index is 1600. The summed E-state index contributed by atoms with van der Waals surface area (Å²) in [5.74, 6) is -0.785. The minimum Gasteiger partial charge on any atom is -0.288 e. The molecular formula is C26H25N3O6S2. The Kier molecular flexibility index (Phi) is 7.32. The molecule has 3 N–H and O–H groups in total. The van der Waals surface area contributed by atoms with Gasteiger partial charge in [0.25, 0.3) is 15.9 Å². The number of hydroxylamine groups is 1. The van der Waals surface area contributed by atoms with Crippen LogP contribution in [0, 0.1) is 6.92 Å². The fourth-order valence-corrected chi connectivity index (χ4v) is 7.19. The fraction of sp³-hybridized carbons (Fsp3) is 0.115. The number of nitrogens with zero attached hydrogens (tertiary/aromatic N) is 1. The molecule has 4 rings (SSSR count). The number of aryl methyl sites for hydroxylation is 1. The summed E-state index contributed by atoms with van der Waals surface area (Å²) < 4.78 is 57.9. The summed E-state index contributed by atoms with van der Waals surface area (Å²) in [6.07, 6.45) is 9.30. The maximum Gasteiger partial charge on any atom is 0.267 e. The zero-order valence-corrected chi connectivity index (χ0v) is 21.4. The van der Waals surface area contributed by atoms with E-state index in [0.29, 0.717) is 5.56 Å². The fourth-order valence-electron chi connectivity index (χ4n) is 3.83. The van der Waals surface area contributed by atoms with Gasteiger partial charge in [0.2, 0.25) is 10.0 Å². The second-order valence-corrected chi connectivity index (χ2v) is 12.2. The van der Waals surface area contributed by atoms with Crippen molar-refractivity contribution in [2.24, 2.45) is 0 Å². The van der Waals surface area contributed by atoms with Gasteiger partial charge in [0, 0.05) is 24.9 Å². The van der Waals surface area contributed by atoms with Crippen molar-refractivity contribution in [3.63, 3.8) is 0 Å². The number of hydrogen-bond acceptors (Lipinski definition) is 6. The number of sulfonamides is 1. The lowest BCUT2D eigenvalue weighted by atomic mass is 9.97. The van der Waals surface area contributed by atoms with Crippen molar-refractivity contribution < 1.29 is 26.8 Å². The SMILES string of the molecule is Cc1ccc(S(=O)(=O)NC2(S(=O)(=O)n3ccc(/C=C/C(=O)NO)c3)C=CC(c3ccccc3)=CC2)cc1. The summed E-state index contributed by atoms with van der Waals surface area (Å²) in [4.78, 5) is 9.19. The number of amides is 1. The minimum absolute atomic E-state index is 0.0648. The van der Waals surface area contributed by atoms with Gasteiger partial charge in [-0.25, -0.2) is 22.3 Å². The number of hydrogen-bond donors (Lipinski definition) is 3. The molecule has 1 unspecified atom stereocenters. The Balaban J connectivity index is 1.76. The van der Waals surface area contributed by atoms with Crippen LogP contribution < -0.4 is 10.2 Å². The number of nitrogens with one attached hydrogen (secondary N) is 2. The lowest BCUT2D eigenvalue weighted by molar-refractivity contribution is -0.124. The first-order valence-electron chi connectivity index (χ1n) is 11.2. The Morgan fingerprint density at radius 1 is 1.03 bits per heavy atom. The highest BCUT2D eigenvalue weighted by Gasteiger charge is 2.46. The Morgan fingerprint density at radius 3 is 2.35 bits per heavy atom. The Labute approximate surface area is 215 Å². The number of benzene rings is 2. The third-order valence-corrected chi connectivity index (χ3v) is 9.63. The molecule has 0 fully saturated rings. The molecule has 0 bridgehead atoms. The van der Waals surface area contributed by atoms with Crippen molar-refractivity contribution in [1.29, 1.82) is 0 Å². The van der Waals surface area contributed by atoms with Crippen LogP contribution in [0.3, 0.4) is 0 Å². The van der Waals surface area contributed by atoms with Gasteiger partial charge in [0.15, 0.2) is 4.87 Å². The summed E-state index contributed by atoms with van der Waals surface area (Å²) in [6.45, 7) is 1.82. The largest absolute Gasteiger partial charge is 0.288 e. The van der Waals surface area contributed by atoms with Gasteiger partial charge in [-0.2, -0.15) is 4.72 Å². The highest BCUT2D eigenvalue weighted by molar-refractivity contribution is 7.94. The molecule has 1 amide bonds. The van der Waals surface area contributed by atoms with Crippen LogP contribution in [0.2, 0.25) is 0 Å². The molecular weight excluding hydrogens is 514 g/mol. The van der Waals surface area contributed by atoms with E-state index in [1.165, 1.54) is 48.2 Å². The van der Waals surface area contributed by atoms with E-state index in [9.17, 15) is 21.6 Å². The van der Waals surface area contributed by atoms with Crippen LogP contribution in [0.5, 0.6) is 0 Å². The van der Waals surface area contributed by atoms with Crippen molar-refractivity contribution >= 4 is 37.6 Å². The van der Waals surface area contributed by atoms with E-state index >= 15 is 0 Å². The monoisotopic (exact) mass is 539 g/mol. The van der Waals surface area contributed by atoms with Crippen molar-refractivity contribution in [3.05, 3.63) is 114 Å². The highest BCUT2D eigenvalue weighted by Crippen LogP contribution is 2.34. The molecule has 1 aliphatic rings. The van der Waals surface area contributed by atoms with Crippen LogP contribution in [0.1, 0.15) is 23.1 Å². The Hall–Kier alpha value is -3.77. The van der Waals surface area contributed by atoms with E-state index in [0.717, 1.165) is 26.7 Å². The van der Waals surface area contributed by atoms with E-state index in [1.54, 1.807) is 24.3 Å². The van der Waals surface area contributed by atoms with Crippen molar-refractivity contribution in [2.75, 3.05) is 0 Å². The van der Waals surface area contributed by atoms with Gasteiger partial charge in [-0.05, 0) is 54.0 Å². The summed E-state index contributed by atoms with van der Waals surface area (Å²) >= 11 is 0. The number of carbonyl (C=O) groups excluding carboxylic acids is 1. The number of carbonyl (C=O) groups is 1. The van der Waals surface area contributed by atoms with Gasteiger partial charge in [-0.1, -0.05) is 60.2 Å². The molecule has 37 heavy (non-hydrogen) atoms. The van der Waals surface area contributed by atoms with E-state index in [4.69, 9.17) is 5.21 Å². The van der Waals surface area contributed by atoms with Crippen LogP contribution in [0.15, 0.2) is 102 Å². The summed E-state index contributed by atoms with van der Waals surface area (Å²) in [6, 6.07) is 16.9. The van der Waals surface area contributed by atoms with Crippen LogP contribution in [-0.4, -0.2) is 36.8 Å². The van der Waals surface area contributed by atoms with Crippen molar-refractivity contribution in [1.82, 2.24) is 14.2 Å². The maximum atomic E-state index is 13.9. The van der Waals surface area contributed by atoms with Gasteiger partial charge >= 0.3 is 0 Å². The van der Waals surface area contributed by atoms with Gasteiger partial charge < -0.3 is 0 Å². The zero-order valence-electron chi connectivity index (χ0n) is 19.8. The van der Waals surface area contributed by atoms with Crippen LogP contribution in [-0.2, 0) is 24.8 Å². The molecule has 9 nitrogen and oxygen atoms in total. The lowest BCUT2D eigenvalue weighted by Gasteiger charge is -2.33. The highest BCUT2D eigenvalue weighted by atomic mass is 32.2. The van der Waals surface area contributed by atoms with Gasteiger partial charge in [0.05, 0.1) is 4.90 Å². The number of allylic oxidation sites excluding steroid dienone is 2. The minimum atomic E-state index is -4.39. The molecule has 3 aromatic rings. The average molecular weight is 540 g/mol. The quantitative estimate of drug-likeness (QED) is 0.229. The van der Waals surface area contributed by atoms with Crippen LogP contribution in [0.4, 0.5) is 0 Å². The molecule has 1 aromatic heterocycles. The summed E-state index contributed by atoms with van der Waals surface area (Å²) in [5.41, 5.74) is 4.28. The second-order valence-electron chi connectivity index (χ2n) is 8.46. The van der Waals surface area contributed by atoms with Crippen LogP contribution >= 0.6 is 0 Å². The smallest absolute Gasteiger partial charge is 0.267 e. The third-order valence-electron chi connectivity index (χ3n) is 5.87. The number of aromatic nitrogens is 1. The van der Waals surface area contributed by atoms with E-state index in [-0.39, 0.29) is 11.3 Å². The first-order valence-corrected chi connectivity index (χ1v) is 14.1. The molecule has 1 atom stereocenters.